The average molecular weight is 279 g/mol. The van der Waals surface area contributed by atoms with E-state index < -0.39 is 0 Å². The second-order valence-electron chi connectivity index (χ2n) is 5.75. The summed E-state index contributed by atoms with van der Waals surface area (Å²) in [5.41, 5.74) is 10.8. The Labute approximate surface area is 123 Å². The Bertz CT molecular complexity index is 774. The topological polar surface area (TPSA) is 26.0 Å². The van der Waals surface area contributed by atoms with Gasteiger partial charge < -0.3 is 5.73 Å². The van der Waals surface area contributed by atoms with Crippen molar-refractivity contribution in [3.8, 4) is 0 Å². The number of thiophene rings is 1. The Morgan fingerprint density at radius 2 is 1.80 bits per heavy atom. The van der Waals surface area contributed by atoms with Crippen molar-refractivity contribution in [2.24, 2.45) is 5.73 Å². The van der Waals surface area contributed by atoms with E-state index in [1.54, 1.807) is 0 Å². The summed E-state index contributed by atoms with van der Waals surface area (Å²) in [4.78, 5) is 0. The predicted molar refractivity (Wildman–Crippen MR) is 86.2 cm³/mol. The molecule has 3 aromatic rings. The number of nitrogens with two attached hydrogens (primary N) is 1. The minimum absolute atomic E-state index is 0.223. The molecule has 1 heterocycles. The minimum atomic E-state index is -0.223. The van der Waals surface area contributed by atoms with E-state index in [0.717, 1.165) is 19.3 Å². The van der Waals surface area contributed by atoms with Crippen LogP contribution < -0.4 is 5.73 Å². The second kappa shape index (κ2) is 4.44. The highest BCUT2D eigenvalue weighted by atomic mass is 32.1. The van der Waals surface area contributed by atoms with E-state index in [-0.39, 0.29) is 5.54 Å². The maximum atomic E-state index is 6.83. The van der Waals surface area contributed by atoms with Crippen LogP contribution in [0.2, 0.25) is 0 Å². The Balaban J connectivity index is 1.84. The predicted octanol–water partition coefficient (Wildman–Crippen LogP) is 4.24. The van der Waals surface area contributed by atoms with E-state index in [2.05, 4.69) is 53.9 Å². The monoisotopic (exact) mass is 279 g/mol. The van der Waals surface area contributed by atoms with E-state index >= 15 is 0 Å². The molecule has 0 bridgehead atoms. The molecule has 1 atom stereocenters. The van der Waals surface area contributed by atoms with Gasteiger partial charge >= 0.3 is 0 Å². The van der Waals surface area contributed by atoms with Gasteiger partial charge in [0.15, 0.2) is 0 Å². The van der Waals surface area contributed by atoms with Crippen LogP contribution in [0.3, 0.4) is 0 Å². The van der Waals surface area contributed by atoms with Crippen LogP contribution in [0.1, 0.15) is 23.1 Å². The molecule has 0 aliphatic heterocycles. The van der Waals surface area contributed by atoms with Gasteiger partial charge in [0.05, 0.1) is 0 Å². The first-order valence-corrected chi connectivity index (χ1v) is 7.97. The van der Waals surface area contributed by atoms with E-state index in [4.69, 9.17) is 5.73 Å². The van der Waals surface area contributed by atoms with E-state index in [0.29, 0.717) is 0 Å². The van der Waals surface area contributed by atoms with Crippen molar-refractivity contribution in [2.75, 3.05) is 0 Å². The van der Waals surface area contributed by atoms with Gasteiger partial charge in [-0.3, -0.25) is 0 Å². The normalized spacial score (nSPS) is 21.9. The van der Waals surface area contributed by atoms with Gasteiger partial charge in [-0.2, -0.15) is 0 Å². The van der Waals surface area contributed by atoms with Gasteiger partial charge in [-0.1, -0.05) is 42.5 Å². The zero-order chi connectivity index (χ0) is 13.6. The summed E-state index contributed by atoms with van der Waals surface area (Å²) in [5, 5.41) is 3.48. The molecule has 1 aliphatic carbocycles. The fourth-order valence-electron chi connectivity index (χ4n) is 3.37. The van der Waals surface area contributed by atoms with E-state index in [9.17, 15) is 0 Å². The number of hydrogen-bond acceptors (Lipinski definition) is 2. The van der Waals surface area contributed by atoms with Gasteiger partial charge in [0.25, 0.3) is 0 Å². The summed E-state index contributed by atoms with van der Waals surface area (Å²) < 4.78 is 1.36. The number of aryl methyl sites for hydroxylation is 1. The molecule has 1 nitrogen and oxygen atoms in total. The maximum absolute atomic E-state index is 6.83. The Morgan fingerprint density at radius 1 is 0.950 bits per heavy atom. The van der Waals surface area contributed by atoms with Crippen LogP contribution in [0.15, 0.2) is 53.9 Å². The fraction of sp³-hybridized carbons (Fsp3) is 0.222. The molecule has 0 saturated carbocycles. The minimum Gasteiger partial charge on any atom is -0.321 e. The van der Waals surface area contributed by atoms with E-state index in [1.165, 1.54) is 26.8 Å². The average Bonchev–Trinajstić information content (AvgIpc) is 2.95. The van der Waals surface area contributed by atoms with Crippen molar-refractivity contribution < 1.29 is 0 Å². The van der Waals surface area contributed by atoms with Crippen molar-refractivity contribution in [1.82, 2.24) is 0 Å². The largest absolute Gasteiger partial charge is 0.321 e. The van der Waals surface area contributed by atoms with Crippen molar-refractivity contribution in [3.63, 3.8) is 0 Å². The van der Waals surface area contributed by atoms with Gasteiger partial charge in [0.1, 0.15) is 0 Å². The number of hydrogen-bond donors (Lipinski definition) is 1. The number of rotatable bonds is 1. The molecule has 1 aliphatic rings. The summed E-state index contributed by atoms with van der Waals surface area (Å²) in [6.07, 6.45) is 3.05. The lowest BCUT2D eigenvalue weighted by Gasteiger charge is -2.35. The van der Waals surface area contributed by atoms with Crippen LogP contribution in [0.5, 0.6) is 0 Å². The van der Waals surface area contributed by atoms with Gasteiger partial charge in [0, 0.05) is 10.2 Å². The van der Waals surface area contributed by atoms with Crippen molar-refractivity contribution in [2.45, 2.75) is 24.8 Å². The molecule has 0 amide bonds. The Hall–Kier alpha value is -1.64. The molecule has 0 fully saturated rings. The summed E-state index contributed by atoms with van der Waals surface area (Å²) in [6, 6.07) is 17.4. The standard InChI is InChI=1S/C18H17NS/c19-18(10-8-13-4-1-2-5-15(13)12-18)16-7-3-6-14-9-11-20-17(14)16/h1-7,9,11H,8,10,12,19H2. The molecule has 20 heavy (non-hydrogen) atoms. The SMILES string of the molecule is NC1(c2cccc3ccsc23)CCc2ccccc2C1. The molecule has 1 unspecified atom stereocenters. The lowest BCUT2D eigenvalue weighted by molar-refractivity contribution is 0.389. The molecule has 4 rings (SSSR count). The zero-order valence-corrected chi connectivity index (χ0v) is 12.1. The maximum Gasteiger partial charge on any atom is 0.0468 e. The van der Waals surface area contributed by atoms with Crippen molar-refractivity contribution in [3.05, 3.63) is 70.6 Å². The first-order valence-electron chi connectivity index (χ1n) is 7.09. The molecule has 0 saturated heterocycles. The zero-order valence-electron chi connectivity index (χ0n) is 11.3. The highest BCUT2D eigenvalue weighted by Gasteiger charge is 2.33. The van der Waals surface area contributed by atoms with Crippen LogP contribution in [0, 0.1) is 0 Å². The van der Waals surface area contributed by atoms with Gasteiger partial charge in [-0.05, 0) is 52.8 Å². The van der Waals surface area contributed by atoms with Crippen molar-refractivity contribution >= 4 is 21.4 Å². The molecule has 1 aromatic heterocycles. The summed E-state index contributed by atoms with van der Waals surface area (Å²) in [5.74, 6) is 0. The summed E-state index contributed by atoms with van der Waals surface area (Å²) >= 11 is 1.81. The summed E-state index contributed by atoms with van der Waals surface area (Å²) in [6.45, 7) is 0. The highest BCUT2D eigenvalue weighted by Crippen LogP contribution is 2.39. The molecule has 2 heteroatoms. The molecule has 0 radical (unpaired) electrons. The van der Waals surface area contributed by atoms with Crippen LogP contribution in [-0.4, -0.2) is 0 Å². The smallest absolute Gasteiger partial charge is 0.0468 e. The molecule has 2 N–H and O–H groups in total. The van der Waals surface area contributed by atoms with Crippen LogP contribution in [-0.2, 0) is 18.4 Å². The van der Waals surface area contributed by atoms with Crippen LogP contribution in [0.25, 0.3) is 10.1 Å². The fourth-order valence-corrected chi connectivity index (χ4v) is 4.40. The summed E-state index contributed by atoms with van der Waals surface area (Å²) in [7, 11) is 0. The molecule has 2 aromatic carbocycles. The lowest BCUT2D eigenvalue weighted by atomic mass is 9.74. The highest BCUT2D eigenvalue weighted by molar-refractivity contribution is 7.17. The van der Waals surface area contributed by atoms with Gasteiger partial charge in [0.2, 0.25) is 0 Å². The molecule has 100 valence electrons. The van der Waals surface area contributed by atoms with Crippen LogP contribution in [0.4, 0.5) is 0 Å². The lowest BCUT2D eigenvalue weighted by Crippen LogP contribution is -2.42. The first-order chi connectivity index (χ1) is 9.76. The molecular formula is C18H17NS. The Morgan fingerprint density at radius 3 is 2.70 bits per heavy atom. The number of fused-ring (bicyclic) bond motifs is 2. The third-order valence-corrected chi connectivity index (χ3v) is 5.44. The van der Waals surface area contributed by atoms with E-state index in [1.807, 2.05) is 11.3 Å². The molecule has 0 spiro atoms. The number of benzene rings is 2. The Kier molecular flexibility index (Phi) is 2.69. The third-order valence-electron chi connectivity index (χ3n) is 4.48. The van der Waals surface area contributed by atoms with Gasteiger partial charge in [-0.15, -0.1) is 11.3 Å². The quantitative estimate of drug-likeness (QED) is 0.708. The third kappa shape index (κ3) is 1.80. The van der Waals surface area contributed by atoms with Gasteiger partial charge in [-0.25, -0.2) is 0 Å². The molecular weight excluding hydrogens is 262 g/mol. The second-order valence-corrected chi connectivity index (χ2v) is 6.66. The van der Waals surface area contributed by atoms with Crippen LogP contribution >= 0.6 is 11.3 Å². The first kappa shape index (κ1) is 12.1. The van der Waals surface area contributed by atoms with Crippen molar-refractivity contribution in [1.29, 1.82) is 0 Å².